The third-order valence-corrected chi connectivity index (χ3v) is 7.49. The maximum absolute atomic E-state index is 11.6. The van der Waals surface area contributed by atoms with Gasteiger partial charge in [-0.25, -0.2) is 23.6 Å². The number of phosphoric ester groups is 1. The number of fused-ring (bicyclic) bond motifs is 1. The SMILES string of the molecule is Nc1ncnc2c1ncn2[C@@H]1O[C@H](COP(=O)([O-])OP(=O)([O-])OP(=O)([O-])O)[C@@H](O)[C@H]1O.[Li+].[Li+].[Li+]. The van der Waals surface area contributed by atoms with Gasteiger partial charge in [-0.05, 0) is 0 Å². The number of imidazole rings is 1. The molecular formula is C10H13Li3N5O13P3. The minimum atomic E-state index is -6.08. The van der Waals surface area contributed by atoms with Crippen molar-refractivity contribution in [2.24, 2.45) is 0 Å². The molecule has 3 unspecified atom stereocenters. The molecule has 2 aromatic heterocycles. The van der Waals surface area contributed by atoms with Gasteiger partial charge in [0.1, 0.15) is 30.2 Å². The number of rotatable bonds is 8. The van der Waals surface area contributed by atoms with Crippen LogP contribution in [0.4, 0.5) is 5.82 Å². The first-order chi connectivity index (χ1) is 14.2. The standard InChI is InChI=1S/C10H16N5O13P3.3Li/c11-8-5-9(13-2-12-8)15(3-14-5)10-7(17)6(16)4(26-10)1-25-30(21,22)28-31(23,24)27-29(18,19)20;;;/h2-4,6-7,10,16-17H,1H2,(H,21,22)(H,23,24)(H2,11,12,13)(H2,18,19,20);;;/q;3*+1/p-3/t4-,6-,7-,10-;;;/m1.../s1. The van der Waals surface area contributed by atoms with Gasteiger partial charge in [-0.3, -0.25) is 18.3 Å². The Balaban J connectivity index is 0.00000363. The predicted octanol–water partition coefficient (Wildman–Crippen LogP) is -12.5. The summed E-state index contributed by atoms with van der Waals surface area (Å²) in [6, 6.07) is 0. The van der Waals surface area contributed by atoms with Crippen LogP contribution in [0.3, 0.4) is 0 Å². The van der Waals surface area contributed by atoms with E-state index in [1.54, 1.807) is 0 Å². The number of anilines is 1. The molecule has 7 atom stereocenters. The van der Waals surface area contributed by atoms with E-state index in [2.05, 4.69) is 28.1 Å². The molecule has 1 saturated heterocycles. The van der Waals surface area contributed by atoms with E-state index in [0.29, 0.717) is 0 Å². The van der Waals surface area contributed by atoms with Crippen molar-refractivity contribution in [2.45, 2.75) is 24.5 Å². The zero-order chi connectivity index (χ0) is 23.2. The molecule has 18 nitrogen and oxygen atoms in total. The number of hydrogen-bond donors (Lipinski definition) is 4. The summed E-state index contributed by atoms with van der Waals surface area (Å²) < 4.78 is 50.6. The largest absolute Gasteiger partial charge is 1.00 e. The second-order valence-corrected chi connectivity index (χ2v) is 10.2. The summed E-state index contributed by atoms with van der Waals surface area (Å²) in [5, 5.41) is 20.3. The van der Waals surface area contributed by atoms with E-state index in [9.17, 15) is 38.6 Å². The molecule has 1 fully saturated rings. The molecule has 3 heterocycles. The van der Waals surface area contributed by atoms with Gasteiger partial charge in [0.05, 0.1) is 12.9 Å². The van der Waals surface area contributed by atoms with Gasteiger partial charge in [0, 0.05) is 0 Å². The molecule has 174 valence electrons. The number of nitrogens with two attached hydrogens (primary N) is 1. The normalized spacial score (nSPS) is 27.4. The summed E-state index contributed by atoms with van der Waals surface area (Å²) in [7, 11) is -17.7. The van der Waals surface area contributed by atoms with E-state index in [1.165, 1.54) is 10.9 Å². The number of phosphoric acid groups is 3. The van der Waals surface area contributed by atoms with Crippen molar-refractivity contribution in [1.29, 1.82) is 0 Å². The molecule has 0 bridgehead atoms. The molecule has 1 aliphatic rings. The quantitative estimate of drug-likeness (QED) is 0.184. The van der Waals surface area contributed by atoms with E-state index in [0.717, 1.165) is 6.33 Å². The first-order valence-electron chi connectivity index (χ1n) is 7.87. The van der Waals surface area contributed by atoms with Gasteiger partial charge in [-0.2, -0.15) is 0 Å². The number of ether oxygens (including phenoxy) is 1. The van der Waals surface area contributed by atoms with E-state index in [4.69, 9.17) is 15.4 Å². The molecule has 3 rings (SSSR count). The van der Waals surface area contributed by atoms with Crippen LogP contribution in [0, 0.1) is 0 Å². The number of nitrogen functional groups attached to an aromatic ring is 1. The molecule has 0 amide bonds. The van der Waals surface area contributed by atoms with Crippen LogP contribution in [0.15, 0.2) is 12.7 Å². The molecule has 5 N–H and O–H groups in total. The van der Waals surface area contributed by atoms with Gasteiger partial charge in [0.2, 0.25) is 0 Å². The fourth-order valence-electron chi connectivity index (χ4n) is 2.61. The minimum absolute atomic E-state index is 0. The Morgan fingerprint density at radius 2 is 1.65 bits per heavy atom. The number of aliphatic hydroxyl groups excluding tert-OH is 2. The van der Waals surface area contributed by atoms with E-state index < -0.39 is 54.6 Å². The summed E-state index contributed by atoms with van der Waals surface area (Å²) in [6.07, 6.45) is -3.94. The Morgan fingerprint density at radius 1 is 1.03 bits per heavy atom. The van der Waals surface area contributed by atoms with Crippen molar-refractivity contribution >= 4 is 40.4 Å². The van der Waals surface area contributed by atoms with E-state index >= 15 is 0 Å². The zero-order valence-electron chi connectivity index (χ0n) is 17.8. The summed E-state index contributed by atoms with van der Waals surface area (Å²) in [5.41, 5.74) is 5.94. The Hall–Kier alpha value is 0.432. The van der Waals surface area contributed by atoms with Crippen molar-refractivity contribution < 1.29 is 118 Å². The third-order valence-electron chi connectivity index (χ3n) is 3.80. The van der Waals surface area contributed by atoms with Crippen LogP contribution in [0.1, 0.15) is 6.23 Å². The van der Waals surface area contributed by atoms with Crippen LogP contribution in [0.25, 0.3) is 11.2 Å². The Bertz CT molecular complexity index is 1120. The summed E-state index contributed by atoms with van der Waals surface area (Å²) in [5.74, 6) is 0.0240. The van der Waals surface area contributed by atoms with E-state index in [1.807, 2.05) is 0 Å². The Labute approximate surface area is 226 Å². The number of aliphatic hydroxyl groups is 2. The second-order valence-electron chi connectivity index (χ2n) is 5.95. The maximum atomic E-state index is 11.6. The summed E-state index contributed by atoms with van der Waals surface area (Å²) in [4.78, 5) is 53.1. The first kappa shape index (κ1) is 34.4. The topological polar surface area (TPSA) is 288 Å². The van der Waals surface area contributed by atoms with Crippen LogP contribution < -0.4 is 77.0 Å². The molecule has 0 aromatic carbocycles. The van der Waals surface area contributed by atoms with Crippen molar-refractivity contribution in [3.05, 3.63) is 12.7 Å². The van der Waals surface area contributed by atoms with Gasteiger partial charge >= 0.3 is 56.6 Å². The molecule has 2 aromatic rings. The molecule has 24 heteroatoms. The van der Waals surface area contributed by atoms with Gasteiger partial charge in [-0.1, -0.05) is 0 Å². The maximum Gasteiger partial charge on any atom is 1.00 e. The van der Waals surface area contributed by atoms with Crippen molar-refractivity contribution in [1.82, 2.24) is 19.5 Å². The smallest absolute Gasteiger partial charge is 0.756 e. The van der Waals surface area contributed by atoms with Crippen molar-refractivity contribution in [2.75, 3.05) is 12.3 Å². The molecular weight excluding hydrogens is 512 g/mol. The van der Waals surface area contributed by atoms with Crippen LogP contribution in [-0.2, 0) is 31.6 Å². The first-order valence-corrected chi connectivity index (χ1v) is 12.3. The van der Waals surface area contributed by atoms with Crippen LogP contribution in [0.2, 0.25) is 0 Å². The van der Waals surface area contributed by atoms with Crippen molar-refractivity contribution in [3.8, 4) is 0 Å². The van der Waals surface area contributed by atoms with Gasteiger partial charge < -0.3 is 44.8 Å². The molecule has 0 saturated carbocycles. The number of aromatic nitrogens is 4. The molecule has 34 heavy (non-hydrogen) atoms. The fraction of sp³-hybridized carbons (Fsp3) is 0.500. The van der Waals surface area contributed by atoms with Crippen LogP contribution in [-0.4, -0.2) is 59.5 Å². The van der Waals surface area contributed by atoms with Gasteiger partial charge in [0.15, 0.2) is 17.7 Å². The molecule has 1 aliphatic heterocycles. The number of nitrogens with zero attached hydrogens (tertiary/aromatic N) is 4. The number of hydrogen-bond acceptors (Lipinski definition) is 16. The van der Waals surface area contributed by atoms with Gasteiger partial charge in [0.25, 0.3) is 23.5 Å². The monoisotopic (exact) mass is 525 g/mol. The van der Waals surface area contributed by atoms with Crippen LogP contribution in [0.5, 0.6) is 0 Å². The zero-order valence-corrected chi connectivity index (χ0v) is 20.5. The average molecular weight is 525 g/mol. The Kier molecular flexibility index (Phi) is 13.0. The predicted molar refractivity (Wildman–Crippen MR) is 88.8 cm³/mol. The molecule has 0 radical (unpaired) electrons. The van der Waals surface area contributed by atoms with Gasteiger partial charge in [-0.15, -0.1) is 0 Å². The summed E-state index contributed by atoms with van der Waals surface area (Å²) in [6.45, 7) is -1.06. The molecule has 0 spiro atoms. The average Bonchev–Trinajstić information content (AvgIpc) is 3.13. The second kappa shape index (κ2) is 12.8. The van der Waals surface area contributed by atoms with Crippen LogP contribution >= 0.6 is 23.5 Å². The van der Waals surface area contributed by atoms with E-state index in [-0.39, 0.29) is 73.6 Å². The fourth-order valence-corrected chi connectivity index (χ4v) is 5.50. The van der Waals surface area contributed by atoms with Crippen molar-refractivity contribution in [3.63, 3.8) is 0 Å². The molecule has 0 aliphatic carbocycles. The third kappa shape index (κ3) is 8.49. The minimum Gasteiger partial charge on any atom is -0.756 e. The summed E-state index contributed by atoms with van der Waals surface area (Å²) >= 11 is 0. The Morgan fingerprint density at radius 3 is 2.24 bits per heavy atom.